The Labute approximate surface area is 158 Å². The van der Waals surface area contributed by atoms with Gasteiger partial charge < -0.3 is 15.5 Å². The molecule has 3 rings (SSSR count). The second-order valence-electron chi connectivity index (χ2n) is 6.28. The number of nitrogens with one attached hydrogen (secondary N) is 2. The van der Waals surface area contributed by atoms with Crippen molar-refractivity contribution in [2.45, 2.75) is 32.7 Å². The van der Waals surface area contributed by atoms with Gasteiger partial charge in [-0.2, -0.15) is 0 Å². The first kappa shape index (κ1) is 18.4. The maximum Gasteiger partial charge on any atom is 0.227 e. The molecular formula is C19H25N5OS. The summed E-state index contributed by atoms with van der Waals surface area (Å²) < 4.78 is 0. The van der Waals surface area contributed by atoms with Gasteiger partial charge in [0.2, 0.25) is 5.91 Å². The van der Waals surface area contributed by atoms with E-state index in [0.717, 1.165) is 48.1 Å². The van der Waals surface area contributed by atoms with Crippen molar-refractivity contribution < 1.29 is 4.79 Å². The molecule has 1 aromatic carbocycles. The van der Waals surface area contributed by atoms with Crippen LogP contribution in [0.15, 0.2) is 35.5 Å². The number of aliphatic imine (C=N–C) groups is 1. The minimum atomic E-state index is 0.218. The Morgan fingerprint density at radius 2 is 2.12 bits per heavy atom. The molecule has 0 unspecified atom stereocenters. The molecule has 2 heterocycles. The predicted octanol–water partition coefficient (Wildman–Crippen LogP) is 2.49. The van der Waals surface area contributed by atoms with Gasteiger partial charge in [0.15, 0.2) is 5.96 Å². The van der Waals surface area contributed by atoms with Crippen molar-refractivity contribution in [3.63, 3.8) is 0 Å². The van der Waals surface area contributed by atoms with Crippen LogP contribution in [-0.2, 0) is 17.8 Å². The molecule has 7 heteroatoms. The van der Waals surface area contributed by atoms with E-state index in [1.54, 1.807) is 18.4 Å². The standard InChI is InChI=1S/C19H25N5OS/c1-14-12-22-17(26-14)9-10-21-19(20-2)23-13-15-5-7-16(8-6-15)24-11-3-4-18(24)25/h5-8,12H,3-4,9-11,13H2,1-2H3,(H2,20,21,23). The third kappa shape index (κ3) is 4.82. The molecule has 1 aliphatic heterocycles. The first-order valence-corrected chi connectivity index (χ1v) is 9.72. The van der Waals surface area contributed by atoms with Crippen LogP contribution >= 0.6 is 11.3 Å². The summed E-state index contributed by atoms with van der Waals surface area (Å²) in [5.74, 6) is 0.993. The number of guanidine groups is 1. The molecule has 0 radical (unpaired) electrons. The number of benzene rings is 1. The molecule has 1 aliphatic rings. The van der Waals surface area contributed by atoms with Gasteiger partial charge in [-0.15, -0.1) is 11.3 Å². The van der Waals surface area contributed by atoms with Crippen LogP contribution in [0, 0.1) is 6.92 Å². The zero-order valence-corrected chi connectivity index (χ0v) is 16.1. The van der Waals surface area contributed by atoms with Gasteiger partial charge in [0.1, 0.15) is 0 Å². The van der Waals surface area contributed by atoms with E-state index in [-0.39, 0.29) is 5.91 Å². The molecule has 1 saturated heterocycles. The van der Waals surface area contributed by atoms with E-state index >= 15 is 0 Å². The van der Waals surface area contributed by atoms with Crippen LogP contribution < -0.4 is 15.5 Å². The number of aryl methyl sites for hydroxylation is 1. The molecule has 0 saturated carbocycles. The number of carbonyl (C=O) groups is 1. The molecule has 0 spiro atoms. The second-order valence-corrected chi connectivity index (χ2v) is 7.60. The van der Waals surface area contributed by atoms with Crippen LogP contribution in [-0.4, -0.2) is 37.0 Å². The number of rotatable bonds is 6. The molecule has 0 aliphatic carbocycles. The predicted molar refractivity (Wildman–Crippen MR) is 107 cm³/mol. The van der Waals surface area contributed by atoms with Crippen molar-refractivity contribution in [2.75, 3.05) is 25.0 Å². The van der Waals surface area contributed by atoms with Crippen LogP contribution in [0.2, 0.25) is 0 Å². The molecule has 138 valence electrons. The Kier molecular flexibility index (Phi) is 6.22. The van der Waals surface area contributed by atoms with Crippen molar-refractivity contribution in [1.82, 2.24) is 15.6 Å². The smallest absolute Gasteiger partial charge is 0.227 e. The Balaban J connectivity index is 1.45. The highest BCUT2D eigenvalue weighted by Gasteiger charge is 2.21. The van der Waals surface area contributed by atoms with E-state index in [2.05, 4.69) is 39.7 Å². The van der Waals surface area contributed by atoms with Gasteiger partial charge >= 0.3 is 0 Å². The van der Waals surface area contributed by atoms with E-state index in [9.17, 15) is 4.79 Å². The monoisotopic (exact) mass is 371 g/mol. The molecule has 2 N–H and O–H groups in total. The van der Waals surface area contributed by atoms with Gasteiger partial charge in [0.25, 0.3) is 0 Å². The molecular weight excluding hydrogens is 346 g/mol. The number of hydrogen-bond donors (Lipinski definition) is 2. The van der Waals surface area contributed by atoms with E-state index in [0.29, 0.717) is 13.0 Å². The Bertz CT molecular complexity index is 768. The van der Waals surface area contributed by atoms with Crippen LogP contribution in [0.3, 0.4) is 0 Å². The molecule has 2 aromatic rings. The molecule has 0 bridgehead atoms. The number of hydrogen-bond acceptors (Lipinski definition) is 4. The average Bonchev–Trinajstić information content (AvgIpc) is 3.26. The van der Waals surface area contributed by atoms with Crippen LogP contribution in [0.25, 0.3) is 0 Å². The van der Waals surface area contributed by atoms with Crippen molar-refractivity contribution in [3.8, 4) is 0 Å². The number of nitrogens with zero attached hydrogens (tertiary/aromatic N) is 3. The highest BCUT2D eigenvalue weighted by Crippen LogP contribution is 2.21. The first-order valence-electron chi connectivity index (χ1n) is 8.91. The number of amides is 1. The Morgan fingerprint density at radius 1 is 1.31 bits per heavy atom. The third-order valence-electron chi connectivity index (χ3n) is 4.31. The summed E-state index contributed by atoms with van der Waals surface area (Å²) in [5.41, 5.74) is 2.14. The fourth-order valence-corrected chi connectivity index (χ4v) is 3.71. The molecule has 1 amide bonds. The molecule has 26 heavy (non-hydrogen) atoms. The summed E-state index contributed by atoms with van der Waals surface area (Å²) >= 11 is 1.73. The van der Waals surface area contributed by atoms with E-state index in [1.165, 1.54) is 4.88 Å². The Hall–Kier alpha value is -2.41. The van der Waals surface area contributed by atoms with E-state index in [4.69, 9.17) is 0 Å². The quantitative estimate of drug-likeness (QED) is 0.605. The summed E-state index contributed by atoms with van der Waals surface area (Å²) in [6.07, 6.45) is 4.40. The number of anilines is 1. The minimum absolute atomic E-state index is 0.218. The minimum Gasteiger partial charge on any atom is -0.356 e. The maximum atomic E-state index is 11.8. The zero-order chi connectivity index (χ0) is 18.4. The lowest BCUT2D eigenvalue weighted by molar-refractivity contribution is -0.117. The van der Waals surface area contributed by atoms with E-state index in [1.807, 2.05) is 23.2 Å². The summed E-state index contributed by atoms with van der Waals surface area (Å²) in [4.78, 5) is 23.5. The SMILES string of the molecule is CN=C(NCCc1ncc(C)s1)NCc1ccc(N2CCCC2=O)cc1. The Morgan fingerprint density at radius 3 is 2.73 bits per heavy atom. The lowest BCUT2D eigenvalue weighted by Gasteiger charge is -2.16. The fourth-order valence-electron chi connectivity index (χ4n) is 2.93. The zero-order valence-electron chi connectivity index (χ0n) is 15.3. The molecule has 0 atom stereocenters. The summed E-state index contributed by atoms with van der Waals surface area (Å²) in [6.45, 7) is 4.37. The van der Waals surface area contributed by atoms with Crippen LogP contribution in [0.5, 0.6) is 0 Å². The van der Waals surface area contributed by atoms with Crippen LogP contribution in [0.1, 0.15) is 28.3 Å². The lowest BCUT2D eigenvalue weighted by atomic mass is 10.2. The highest BCUT2D eigenvalue weighted by atomic mass is 32.1. The van der Waals surface area contributed by atoms with Crippen molar-refractivity contribution in [1.29, 1.82) is 0 Å². The average molecular weight is 372 g/mol. The summed E-state index contributed by atoms with van der Waals surface area (Å²) in [6, 6.07) is 8.14. The number of thiazole rings is 1. The largest absolute Gasteiger partial charge is 0.356 e. The fraction of sp³-hybridized carbons (Fsp3) is 0.421. The molecule has 1 fully saturated rings. The van der Waals surface area contributed by atoms with Gasteiger partial charge in [-0.05, 0) is 31.0 Å². The molecule has 6 nitrogen and oxygen atoms in total. The van der Waals surface area contributed by atoms with Crippen LogP contribution in [0.4, 0.5) is 5.69 Å². The van der Waals surface area contributed by atoms with Crippen molar-refractivity contribution in [2.24, 2.45) is 4.99 Å². The maximum absolute atomic E-state index is 11.8. The summed E-state index contributed by atoms with van der Waals surface area (Å²) in [7, 11) is 1.77. The van der Waals surface area contributed by atoms with Crippen molar-refractivity contribution in [3.05, 3.63) is 45.9 Å². The number of aromatic nitrogens is 1. The molecule has 1 aromatic heterocycles. The van der Waals surface area contributed by atoms with Gasteiger partial charge in [0.05, 0.1) is 5.01 Å². The highest BCUT2D eigenvalue weighted by molar-refractivity contribution is 7.11. The van der Waals surface area contributed by atoms with Gasteiger partial charge in [-0.25, -0.2) is 4.98 Å². The second kappa shape index (κ2) is 8.80. The van der Waals surface area contributed by atoms with Gasteiger partial charge in [0, 0.05) is 56.3 Å². The summed E-state index contributed by atoms with van der Waals surface area (Å²) in [5, 5.41) is 7.76. The van der Waals surface area contributed by atoms with Gasteiger partial charge in [-0.1, -0.05) is 12.1 Å². The normalized spacial score (nSPS) is 14.8. The lowest BCUT2D eigenvalue weighted by Crippen LogP contribution is -2.37. The van der Waals surface area contributed by atoms with E-state index < -0.39 is 0 Å². The van der Waals surface area contributed by atoms with Gasteiger partial charge in [-0.3, -0.25) is 9.79 Å². The first-order chi connectivity index (χ1) is 12.7. The third-order valence-corrected chi connectivity index (χ3v) is 5.28. The number of carbonyl (C=O) groups excluding carboxylic acids is 1. The topological polar surface area (TPSA) is 69.6 Å². The van der Waals surface area contributed by atoms with Crippen molar-refractivity contribution >= 4 is 28.9 Å².